The molecule has 1 rings (SSSR count). The highest BCUT2D eigenvalue weighted by atomic mass is 16.6. The normalized spacial score (nSPS) is 48.0. The molecule has 0 saturated carbocycles. The van der Waals surface area contributed by atoms with Gasteiger partial charge in [-0.2, -0.15) is 0 Å². The quantitative estimate of drug-likeness (QED) is 0.435. The number of rotatable bonds is 1. The Morgan fingerprint density at radius 1 is 1.40 bits per heavy atom. The van der Waals surface area contributed by atoms with Gasteiger partial charge < -0.3 is 20.7 Å². The van der Waals surface area contributed by atoms with Crippen LogP contribution < -0.4 is 5.73 Å². The van der Waals surface area contributed by atoms with Crippen molar-refractivity contribution in [3.05, 3.63) is 0 Å². The molecule has 60 valence electrons. The Bertz CT molecular complexity index is 120. The first-order chi connectivity index (χ1) is 4.66. The van der Waals surface area contributed by atoms with Gasteiger partial charge in [0.1, 0.15) is 18.4 Å². The highest BCUT2D eigenvalue weighted by Crippen LogP contribution is 2.19. The van der Waals surface area contributed by atoms with Crippen LogP contribution in [0.15, 0.2) is 0 Å². The summed E-state index contributed by atoms with van der Waals surface area (Å²) in [5.74, 6) is 0. The molecule has 1 aliphatic heterocycles. The van der Waals surface area contributed by atoms with Crippen molar-refractivity contribution in [1.29, 1.82) is 0 Å². The van der Waals surface area contributed by atoms with E-state index in [0.29, 0.717) is 6.42 Å². The summed E-state index contributed by atoms with van der Waals surface area (Å²) in [7, 11) is 0. The average molecular weight is 147 g/mol. The molecule has 0 aromatic rings. The average Bonchev–Trinajstić information content (AvgIpc) is 2.17. The molecule has 0 spiro atoms. The predicted molar refractivity (Wildman–Crippen MR) is 35.2 cm³/mol. The van der Waals surface area contributed by atoms with Crippen molar-refractivity contribution < 1.29 is 14.9 Å². The summed E-state index contributed by atoms with van der Waals surface area (Å²) in [5, 5.41) is 18.2. The Morgan fingerprint density at radius 2 is 2.00 bits per heavy atom. The van der Waals surface area contributed by atoms with Crippen molar-refractivity contribution in [3.8, 4) is 0 Å². The molecule has 1 aliphatic rings. The van der Waals surface area contributed by atoms with Crippen LogP contribution in [0.25, 0.3) is 0 Å². The molecule has 1 heterocycles. The molecular weight excluding hydrogens is 134 g/mol. The molecule has 0 aromatic carbocycles. The van der Waals surface area contributed by atoms with Crippen LogP contribution >= 0.6 is 0 Å². The van der Waals surface area contributed by atoms with Crippen molar-refractivity contribution in [2.45, 2.75) is 37.9 Å². The largest absolute Gasteiger partial charge is 0.388 e. The van der Waals surface area contributed by atoms with Crippen molar-refractivity contribution >= 4 is 0 Å². The van der Waals surface area contributed by atoms with Gasteiger partial charge in [0.2, 0.25) is 0 Å². The maximum absolute atomic E-state index is 9.17. The molecule has 0 bridgehead atoms. The molecule has 0 radical (unpaired) electrons. The van der Waals surface area contributed by atoms with Crippen LogP contribution in [0.2, 0.25) is 0 Å². The first-order valence-electron chi connectivity index (χ1n) is 3.44. The van der Waals surface area contributed by atoms with Gasteiger partial charge in [0.15, 0.2) is 0 Å². The van der Waals surface area contributed by atoms with Gasteiger partial charge in [0.05, 0.1) is 6.10 Å². The Morgan fingerprint density at radius 3 is 2.20 bits per heavy atom. The topological polar surface area (TPSA) is 75.7 Å². The molecule has 1 saturated heterocycles. The summed E-state index contributed by atoms with van der Waals surface area (Å²) in [6.07, 6.45) is -2.10. The molecule has 4 atom stereocenters. The monoisotopic (exact) mass is 147 g/mol. The van der Waals surface area contributed by atoms with E-state index in [2.05, 4.69) is 0 Å². The lowest BCUT2D eigenvalue weighted by atomic mass is 10.1. The van der Waals surface area contributed by atoms with E-state index in [1.165, 1.54) is 0 Å². The molecule has 4 nitrogen and oxygen atoms in total. The molecule has 0 aliphatic carbocycles. The molecule has 0 amide bonds. The highest BCUT2D eigenvalue weighted by Gasteiger charge is 2.39. The summed E-state index contributed by atoms with van der Waals surface area (Å²) in [4.78, 5) is 0. The molecule has 0 aromatic heterocycles. The Labute approximate surface area is 59.6 Å². The second-order valence-electron chi connectivity index (χ2n) is 2.53. The number of ether oxygens (including phenoxy) is 1. The van der Waals surface area contributed by atoms with E-state index < -0.39 is 18.4 Å². The van der Waals surface area contributed by atoms with Crippen LogP contribution in [0.3, 0.4) is 0 Å². The van der Waals surface area contributed by atoms with Crippen LogP contribution in [-0.2, 0) is 4.74 Å². The smallest absolute Gasteiger partial charge is 0.135 e. The Hall–Kier alpha value is -0.160. The van der Waals surface area contributed by atoms with Crippen LogP contribution in [0.1, 0.15) is 13.3 Å². The van der Waals surface area contributed by atoms with Crippen molar-refractivity contribution in [2.24, 2.45) is 5.73 Å². The number of hydrogen-bond donors (Lipinski definition) is 3. The zero-order valence-corrected chi connectivity index (χ0v) is 5.90. The van der Waals surface area contributed by atoms with Gasteiger partial charge >= 0.3 is 0 Å². The van der Waals surface area contributed by atoms with E-state index in [9.17, 15) is 5.11 Å². The summed E-state index contributed by atoms with van der Waals surface area (Å²) in [6.45, 7) is 1.87. The van der Waals surface area contributed by atoms with E-state index in [4.69, 9.17) is 15.6 Å². The SMILES string of the molecule is CC[C@H]1O[C@@H](N)C(O)C1O. The van der Waals surface area contributed by atoms with Gasteiger partial charge in [-0.3, -0.25) is 0 Å². The number of nitrogens with two attached hydrogens (primary N) is 1. The van der Waals surface area contributed by atoms with Gasteiger partial charge in [-0.15, -0.1) is 0 Å². The van der Waals surface area contributed by atoms with Crippen molar-refractivity contribution in [3.63, 3.8) is 0 Å². The number of hydrogen-bond acceptors (Lipinski definition) is 4. The zero-order valence-electron chi connectivity index (χ0n) is 5.90. The minimum atomic E-state index is -0.926. The Kier molecular flexibility index (Phi) is 2.25. The van der Waals surface area contributed by atoms with E-state index in [0.717, 1.165) is 0 Å². The molecule has 2 unspecified atom stereocenters. The van der Waals surface area contributed by atoms with E-state index in [1.807, 2.05) is 6.92 Å². The van der Waals surface area contributed by atoms with E-state index in [1.54, 1.807) is 0 Å². The fraction of sp³-hybridized carbons (Fsp3) is 1.00. The van der Waals surface area contributed by atoms with E-state index >= 15 is 0 Å². The lowest BCUT2D eigenvalue weighted by Gasteiger charge is -2.10. The third-order valence-corrected chi connectivity index (χ3v) is 1.80. The lowest BCUT2D eigenvalue weighted by Crippen LogP contribution is -2.36. The summed E-state index contributed by atoms with van der Waals surface area (Å²) in [5.41, 5.74) is 5.30. The predicted octanol–water partition coefficient (Wildman–Crippen LogP) is -1.20. The first-order valence-corrected chi connectivity index (χ1v) is 3.44. The minimum absolute atomic E-state index is 0.301. The Balaban J connectivity index is 2.53. The summed E-state index contributed by atoms with van der Waals surface area (Å²) in [6, 6.07) is 0. The van der Waals surface area contributed by atoms with Crippen molar-refractivity contribution in [2.75, 3.05) is 0 Å². The first kappa shape index (κ1) is 7.94. The van der Waals surface area contributed by atoms with Gasteiger partial charge in [-0.05, 0) is 6.42 Å². The second kappa shape index (κ2) is 2.84. The lowest BCUT2D eigenvalue weighted by molar-refractivity contribution is 0.00986. The fourth-order valence-corrected chi connectivity index (χ4v) is 1.11. The van der Waals surface area contributed by atoms with Crippen LogP contribution in [0, 0.1) is 0 Å². The van der Waals surface area contributed by atoms with Gasteiger partial charge in [0, 0.05) is 0 Å². The maximum Gasteiger partial charge on any atom is 0.135 e. The third-order valence-electron chi connectivity index (χ3n) is 1.80. The van der Waals surface area contributed by atoms with Crippen LogP contribution in [-0.4, -0.2) is 34.8 Å². The maximum atomic E-state index is 9.17. The highest BCUT2D eigenvalue weighted by molar-refractivity contribution is 4.86. The molecule has 10 heavy (non-hydrogen) atoms. The third kappa shape index (κ3) is 1.15. The molecule has 4 N–H and O–H groups in total. The van der Waals surface area contributed by atoms with Gasteiger partial charge in [-0.1, -0.05) is 6.92 Å². The molecule has 4 heteroatoms. The minimum Gasteiger partial charge on any atom is -0.388 e. The zero-order chi connectivity index (χ0) is 7.72. The summed E-state index contributed by atoms with van der Waals surface area (Å²) < 4.78 is 5.01. The van der Waals surface area contributed by atoms with Gasteiger partial charge in [-0.25, -0.2) is 0 Å². The molecular formula is C6H13NO3. The second-order valence-corrected chi connectivity index (χ2v) is 2.53. The standard InChI is InChI=1S/C6H13NO3/c1-2-3-4(8)5(9)6(7)10-3/h3-6,8-9H,2,7H2,1H3/t3-,4?,5?,6-/m1/s1. The number of aliphatic hydroxyl groups excluding tert-OH is 2. The summed E-state index contributed by atoms with van der Waals surface area (Å²) >= 11 is 0. The van der Waals surface area contributed by atoms with Crippen LogP contribution in [0.5, 0.6) is 0 Å². The van der Waals surface area contributed by atoms with E-state index in [-0.39, 0.29) is 6.10 Å². The fourth-order valence-electron chi connectivity index (χ4n) is 1.11. The molecule has 1 fully saturated rings. The van der Waals surface area contributed by atoms with Gasteiger partial charge in [0.25, 0.3) is 0 Å². The number of aliphatic hydroxyl groups is 2. The van der Waals surface area contributed by atoms with Crippen LogP contribution in [0.4, 0.5) is 0 Å². The van der Waals surface area contributed by atoms with Crippen molar-refractivity contribution in [1.82, 2.24) is 0 Å².